The van der Waals surface area contributed by atoms with Crippen molar-refractivity contribution in [3.63, 3.8) is 0 Å². The van der Waals surface area contributed by atoms with Gasteiger partial charge in [-0.25, -0.2) is 9.59 Å². The van der Waals surface area contributed by atoms with Crippen molar-refractivity contribution in [1.29, 1.82) is 0 Å². The first-order chi connectivity index (χ1) is 17.2. The van der Waals surface area contributed by atoms with Crippen LogP contribution < -0.4 is 10.4 Å². The number of aromatic hydroxyl groups is 1. The summed E-state index contributed by atoms with van der Waals surface area (Å²) in [6.07, 6.45) is -4.07. The molecule has 0 aliphatic carbocycles. The number of carbonyl (C=O) groups excluding carboxylic acids is 1. The number of rotatable bonds is 5. The maximum Gasteiger partial charge on any atom is 0.509 e. The zero-order valence-corrected chi connectivity index (χ0v) is 20.0. The minimum absolute atomic E-state index is 0.106. The van der Waals surface area contributed by atoms with Crippen LogP contribution in [0.15, 0.2) is 61.9 Å². The minimum atomic E-state index is -1.03. The predicted molar refractivity (Wildman–Crippen MR) is 125 cm³/mol. The van der Waals surface area contributed by atoms with Gasteiger partial charge in [0.2, 0.25) is 18.1 Å². The monoisotopic (exact) mass is 496 g/mol. The molecule has 2 aliphatic heterocycles. The van der Waals surface area contributed by atoms with Crippen LogP contribution in [-0.4, -0.2) is 48.6 Å². The molecular formula is C25H24N2O9. The molecule has 2 saturated heterocycles. The van der Waals surface area contributed by atoms with Gasteiger partial charge in [-0.15, -0.1) is 5.11 Å². The molecule has 188 valence electrons. The topological polar surface area (TPSA) is 138 Å². The number of aryl methyl sites for hydroxylation is 1. The van der Waals surface area contributed by atoms with E-state index >= 15 is 0 Å². The van der Waals surface area contributed by atoms with E-state index in [1.54, 1.807) is 51.1 Å². The standard InChI is InChI=1S/C25H24N2O9/c1-12-15(32-23-20-19(34-24(30)35-20)21(31-4)25(2,3)36-23)11-10-14-17(28)16(22(29)33-18(12)14)27-26-13-8-6-5-7-9-13/h5-11,19-21,23,28H,1-4H3/t19?,20?,21-,23?/m1/s1. The van der Waals surface area contributed by atoms with Gasteiger partial charge in [0, 0.05) is 12.7 Å². The quantitative estimate of drug-likeness (QED) is 0.304. The molecule has 1 aromatic heterocycles. The van der Waals surface area contributed by atoms with E-state index in [9.17, 15) is 14.7 Å². The third-order valence-corrected chi connectivity index (χ3v) is 6.20. The lowest BCUT2D eigenvalue weighted by Gasteiger charge is -2.45. The summed E-state index contributed by atoms with van der Waals surface area (Å²) >= 11 is 0. The van der Waals surface area contributed by atoms with Gasteiger partial charge in [-0.2, -0.15) is 5.11 Å². The van der Waals surface area contributed by atoms with Crippen molar-refractivity contribution in [2.75, 3.05) is 7.11 Å². The molecule has 2 fully saturated rings. The van der Waals surface area contributed by atoms with Crippen LogP contribution in [0, 0.1) is 6.92 Å². The Hall–Kier alpha value is -3.96. The van der Waals surface area contributed by atoms with E-state index in [1.807, 2.05) is 6.07 Å². The second-order valence-corrected chi connectivity index (χ2v) is 8.97. The minimum Gasteiger partial charge on any atom is -0.505 e. The summed E-state index contributed by atoms with van der Waals surface area (Å²) in [5.74, 6) is -0.0752. The number of ether oxygens (including phenoxy) is 5. The van der Waals surface area contributed by atoms with Crippen LogP contribution in [0.3, 0.4) is 0 Å². The maximum absolute atomic E-state index is 12.6. The highest BCUT2D eigenvalue weighted by Gasteiger charge is 2.59. The third kappa shape index (κ3) is 4.06. The van der Waals surface area contributed by atoms with Crippen LogP contribution >= 0.6 is 0 Å². The fraction of sp³-hybridized carbons (Fsp3) is 0.360. The first-order valence-electron chi connectivity index (χ1n) is 11.2. The van der Waals surface area contributed by atoms with E-state index < -0.39 is 42.0 Å². The van der Waals surface area contributed by atoms with Crippen LogP contribution in [0.25, 0.3) is 11.0 Å². The highest BCUT2D eigenvalue weighted by molar-refractivity contribution is 5.90. The van der Waals surface area contributed by atoms with Gasteiger partial charge in [0.15, 0.2) is 11.9 Å². The molecule has 0 amide bonds. The molecule has 0 bridgehead atoms. The van der Waals surface area contributed by atoms with E-state index in [2.05, 4.69) is 10.2 Å². The zero-order chi connectivity index (χ0) is 25.6. The van der Waals surface area contributed by atoms with Gasteiger partial charge in [-0.3, -0.25) is 0 Å². The third-order valence-electron chi connectivity index (χ3n) is 6.20. The van der Waals surface area contributed by atoms with Crippen molar-refractivity contribution in [2.45, 2.75) is 51.0 Å². The Bertz CT molecular complexity index is 1400. The average molecular weight is 496 g/mol. The van der Waals surface area contributed by atoms with Crippen molar-refractivity contribution in [1.82, 2.24) is 0 Å². The fourth-order valence-electron chi connectivity index (χ4n) is 4.47. The number of hydrogen-bond donors (Lipinski definition) is 1. The van der Waals surface area contributed by atoms with E-state index in [0.29, 0.717) is 17.0 Å². The average Bonchev–Trinajstić information content (AvgIpc) is 3.22. The lowest BCUT2D eigenvalue weighted by atomic mass is 9.89. The molecule has 2 aliphatic rings. The molecular weight excluding hydrogens is 472 g/mol. The largest absolute Gasteiger partial charge is 0.509 e. The molecule has 36 heavy (non-hydrogen) atoms. The normalized spacial score (nSPS) is 24.9. The van der Waals surface area contributed by atoms with Crippen LogP contribution in [0.1, 0.15) is 19.4 Å². The second kappa shape index (κ2) is 8.92. The summed E-state index contributed by atoms with van der Waals surface area (Å²) in [4.78, 5) is 24.5. The van der Waals surface area contributed by atoms with Gasteiger partial charge < -0.3 is 33.2 Å². The van der Waals surface area contributed by atoms with Crippen LogP contribution in [0.4, 0.5) is 16.2 Å². The molecule has 0 radical (unpaired) electrons. The van der Waals surface area contributed by atoms with Crippen LogP contribution in [0.5, 0.6) is 11.5 Å². The van der Waals surface area contributed by atoms with Crippen molar-refractivity contribution in [3.05, 3.63) is 58.4 Å². The molecule has 3 aromatic rings. The summed E-state index contributed by atoms with van der Waals surface area (Å²) in [5.41, 5.74) is -1.02. The highest BCUT2D eigenvalue weighted by Crippen LogP contribution is 2.41. The van der Waals surface area contributed by atoms with E-state index in [4.69, 9.17) is 28.1 Å². The first-order valence-corrected chi connectivity index (χ1v) is 11.2. The fourth-order valence-corrected chi connectivity index (χ4v) is 4.47. The summed E-state index contributed by atoms with van der Waals surface area (Å²) < 4.78 is 33.7. The summed E-state index contributed by atoms with van der Waals surface area (Å²) in [5, 5.41) is 18.9. The van der Waals surface area contributed by atoms with Gasteiger partial charge in [-0.1, -0.05) is 18.2 Å². The van der Waals surface area contributed by atoms with Gasteiger partial charge in [-0.05, 0) is 45.0 Å². The summed E-state index contributed by atoms with van der Waals surface area (Å²) in [6.45, 7) is 5.23. The van der Waals surface area contributed by atoms with Crippen molar-refractivity contribution in [3.8, 4) is 11.5 Å². The smallest absolute Gasteiger partial charge is 0.505 e. The van der Waals surface area contributed by atoms with E-state index in [0.717, 1.165) is 0 Å². The van der Waals surface area contributed by atoms with Gasteiger partial charge in [0.1, 0.15) is 17.4 Å². The van der Waals surface area contributed by atoms with Gasteiger partial charge in [0.05, 0.1) is 16.7 Å². The molecule has 11 heteroatoms. The molecule has 5 rings (SSSR count). The van der Waals surface area contributed by atoms with Gasteiger partial charge >= 0.3 is 11.8 Å². The lowest BCUT2D eigenvalue weighted by Crippen LogP contribution is -2.62. The summed E-state index contributed by atoms with van der Waals surface area (Å²) in [7, 11) is 1.50. The summed E-state index contributed by atoms with van der Waals surface area (Å²) in [6, 6.07) is 11.9. The number of azo groups is 1. The zero-order valence-electron chi connectivity index (χ0n) is 20.0. The maximum atomic E-state index is 12.6. The first kappa shape index (κ1) is 23.8. The second-order valence-electron chi connectivity index (χ2n) is 8.97. The lowest BCUT2D eigenvalue weighted by molar-refractivity contribution is -0.282. The number of hydrogen-bond acceptors (Lipinski definition) is 11. The molecule has 3 unspecified atom stereocenters. The van der Waals surface area contributed by atoms with E-state index in [1.165, 1.54) is 13.2 Å². The number of methoxy groups -OCH3 is 1. The van der Waals surface area contributed by atoms with Crippen molar-refractivity contribution < 1.29 is 38.0 Å². The molecule has 4 atom stereocenters. The van der Waals surface area contributed by atoms with Gasteiger partial charge in [0.25, 0.3) is 0 Å². The molecule has 3 heterocycles. The molecule has 2 aromatic carbocycles. The number of benzene rings is 2. The highest BCUT2D eigenvalue weighted by atomic mass is 16.8. The Morgan fingerprint density at radius 2 is 1.72 bits per heavy atom. The van der Waals surface area contributed by atoms with Crippen LogP contribution in [0.2, 0.25) is 0 Å². The van der Waals surface area contributed by atoms with Crippen molar-refractivity contribution >= 4 is 28.5 Å². The number of fused-ring (bicyclic) bond motifs is 2. The van der Waals surface area contributed by atoms with Crippen LogP contribution in [-0.2, 0) is 18.9 Å². The van der Waals surface area contributed by atoms with Crippen molar-refractivity contribution in [2.24, 2.45) is 10.2 Å². The Kier molecular flexibility index (Phi) is 5.89. The Labute approximate surface area is 205 Å². The Morgan fingerprint density at radius 1 is 1.00 bits per heavy atom. The predicted octanol–water partition coefficient (Wildman–Crippen LogP) is 4.66. The van der Waals surface area contributed by atoms with E-state index in [-0.39, 0.29) is 22.4 Å². The SMILES string of the molecule is CO[C@@H]1C2OC(=O)OC2C(Oc2ccc3c(O)c(N=Nc4ccccc4)c(=O)oc3c2C)OC1(C)C. The number of carbonyl (C=O) groups is 1. The number of nitrogens with zero attached hydrogens (tertiary/aromatic N) is 2. The Balaban J connectivity index is 1.48. The Morgan fingerprint density at radius 3 is 2.44 bits per heavy atom. The molecule has 0 saturated carbocycles. The molecule has 0 spiro atoms. The molecule has 1 N–H and O–H groups in total. The molecule has 11 nitrogen and oxygen atoms in total.